The van der Waals surface area contributed by atoms with Crippen LogP contribution in [0.15, 0.2) is 24.3 Å². The van der Waals surface area contributed by atoms with Crippen molar-refractivity contribution in [1.82, 2.24) is 5.32 Å². The van der Waals surface area contributed by atoms with Crippen molar-refractivity contribution in [1.29, 1.82) is 0 Å². The van der Waals surface area contributed by atoms with Crippen LogP contribution < -0.4 is 5.32 Å². The molecule has 0 aromatic heterocycles. The number of rotatable bonds is 2. The maximum absolute atomic E-state index is 11.7. The quantitative estimate of drug-likeness (QED) is 0.794. The second-order valence-corrected chi connectivity index (χ2v) is 4.83. The predicted molar refractivity (Wildman–Crippen MR) is 65.7 cm³/mol. The fourth-order valence-electron chi connectivity index (χ4n) is 2.12. The van der Waals surface area contributed by atoms with Crippen molar-refractivity contribution in [3.63, 3.8) is 0 Å². The molecule has 0 bridgehead atoms. The zero-order chi connectivity index (χ0) is 12.4. The van der Waals surface area contributed by atoms with Gasteiger partial charge in [0.15, 0.2) is 0 Å². The van der Waals surface area contributed by atoms with E-state index in [4.69, 9.17) is 0 Å². The molecule has 1 aliphatic rings. The van der Waals surface area contributed by atoms with Gasteiger partial charge in [0.2, 0.25) is 11.8 Å². The molecule has 0 radical (unpaired) electrons. The van der Waals surface area contributed by atoms with Gasteiger partial charge < -0.3 is 0 Å². The number of piperidine rings is 1. The third-order valence-electron chi connectivity index (χ3n) is 3.24. The molecule has 1 atom stereocenters. The SMILES string of the molecule is CC(C)c1ccc([C@H]2CCC(=O)NC2=O)cc1. The first-order valence-electron chi connectivity index (χ1n) is 6.01. The topological polar surface area (TPSA) is 46.2 Å². The summed E-state index contributed by atoms with van der Waals surface area (Å²) in [4.78, 5) is 22.8. The number of amides is 2. The fourth-order valence-corrected chi connectivity index (χ4v) is 2.12. The van der Waals surface area contributed by atoms with Crippen molar-refractivity contribution >= 4 is 11.8 Å². The maximum Gasteiger partial charge on any atom is 0.234 e. The molecule has 1 N–H and O–H groups in total. The molecule has 3 heteroatoms. The Kier molecular flexibility index (Phi) is 3.27. The highest BCUT2D eigenvalue weighted by Crippen LogP contribution is 2.26. The standard InChI is InChI=1S/C14H17NO2/c1-9(2)10-3-5-11(6-4-10)12-7-8-13(16)15-14(12)17/h3-6,9,12H,7-8H2,1-2H3,(H,15,16,17)/t12-/m1/s1. The molecular weight excluding hydrogens is 214 g/mol. The summed E-state index contributed by atoms with van der Waals surface area (Å²) in [7, 11) is 0. The minimum absolute atomic E-state index is 0.162. The van der Waals surface area contributed by atoms with Crippen molar-refractivity contribution in [2.45, 2.75) is 38.5 Å². The Bertz CT molecular complexity index is 434. The van der Waals surface area contributed by atoms with Crippen molar-refractivity contribution in [2.24, 2.45) is 0 Å². The number of hydrogen-bond donors (Lipinski definition) is 1. The Hall–Kier alpha value is -1.64. The van der Waals surface area contributed by atoms with E-state index >= 15 is 0 Å². The lowest BCUT2D eigenvalue weighted by molar-refractivity contribution is -0.134. The lowest BCUT2D eigenvalue weighted by atomic mass is 9.89. The molecule has 1 aromatic rings. The lowest BCUT2D eigenvalue weighted by Gasteiger charge is -2.21. The van der Waals surface area contributed by atoms with Gasteiger partial charge in [0, 0.05) is 6.42 Å². The van der Waals surface area contributed by atoms with Gasteiger partial charge in [-0.05, 0) is 23.5 Å². The van der Waals surface area contributed by atoms with Crippen LogP contribution in [-0.4, -0.2) is 11.8 Å². The average Bonchev–Trinajstić information content (AvgIpc) is 2.29. The maximum atomic E-state index is 11.7. The van der Waals surface area contributed by atoms with Crippen LogP contribution in [0.2, 0.25) is 0 Å². The first-order valence-corrected chi connectivity index (χ1v) is 6.01. The van der Waals surface area contributed by atoms with Crippen molar-refractivity contribution in [2.75, 3.05) is 0 Å². The lowest BCUT2D eigenvalue weighted by Crippen LogP contribution is -2.39. The van der Waals surface area contributed by atoms with E-state index < -0.39 is 0 Å². The molecule has 0 aliphatic carbocycles. The zero-order valence-electron chi connectivity index (χ0n) is 10.2. The highest BCUT2D eigenvalue weighted by Gasteiger charge is 2.27. The number of carbonyl (C=O) groups excluding carboxylic acids is 2. The van der Waals surface area contributed by atoms with E-state index in [2.05, 4.69) is 31.3 Å². The number of hydrogen-bond acceptors (Lipinski definition) is 2. The summed E-state index contributed by atoms with van der Waals surface area (Å²) >= 11 is 0. The summed E-state index contributed by atoms with van der Waals surface area (Å²) in [5.74, 6) is -0.0108. The summed E-state index contributed by atoms with van der Waals surface area (Å²) in [5.41, 5.74) is 2.26. The first kappa shape index (κ1) is 11.8. The number of carbonyl (C=O) groups is 2. The van der Waals surface area contributed by atoms with Gasteiger partial charge in [-0.15, -0.1) is 0 Å². The molecule has 90 valence electrons. The Balaban J connectivity index is 2.17. The van der Waals surface area contributed by atoms with Crippen LogP contribution in [0.3, 0.4) is 0 Å². The van der Waals surface area contributed by atoms with E-state index in [9.17, 15) is 9.59 Å². The average molecular weight is 231 g/mol. The van der Waals surface area contributed by atoms with Crippen LogP contribution >= 0.6 is 0 Å². The minimum Gasteiger partial charge on any atom is -0.296 e. The molecule has 0 saturated carbocycles. The van der Waals surface area contributed by atoms with Gasteiger partial charge in [-0.3, -0.25) is 14.9 Å². The molecule has 1 fully saturated rings. The van der Waals surface area contributed by atoms with E-state index in [1.807, 2.05) is 12.1 Å². The van der Waals surface area contributed by atoms with Gasteiger partial charge in [-0.25, -0.2) is 0 Å². The molecule has 1 aromatic carbocycles. The summed E-state index contributed by atoms with van der Waals surface area (Å²) in [6.45, 7) is 4.28. The summed E-state index contributed by atoms with van der Waals surface area (Å²) in [6.07, 6.45) is 1.05. The van der Waals surface area contributed by atoms with Crippen molar-refractivity contribution < 1.29 is 9.59 Å². The molecule has 1 aliphatic heterocycles. The van der Waals surface area contributed by atoms with Crippen LogP contribution in [0.25, 0.3) is 0 Å². The number of imide groups is 1. The van der Waals surface area contributed by atoms with E-state index in [1.165, 1.54) is 5.56 Å². The Morgan fingerprint density at radius 3 is 2.35 bits per heavy atom. The van der Waals surface area contributed by atoms with Gasteiger partial charge in [-0.2, -0.15) is 0 Å². The third-order valence-corrected chi connectivity index (χ3v) is 3.24. The van der Waals surface area contributed by atoms with Crippen LogP contribution in [0.1, 0.15) is 49.7 Å². The third kappa shape index (κ3) is 2.54. The molecule has 0 unspecified atom stereocenters. The Labute approximate surface area is 101 Å². The number of nitrogens with one attached hydrogen (secondary N) is 1. The molecule has 1 heterocycles. The summed E-state index contributed by atoms with van der Waals surface area (Å²) in [6, 6.07) is 8.11. The first-order chi connectivity index (χ1) is 8.08. The molecule has 17 heavy (non-hydrogen) atoms. The van der Waals surface area contributed by atoms with Gasteiger partial charge in [-0.1, -0.05) is 38.1 Å². The normalized spacial score (nSPS) is 20.5. The van der Waals surface area contributed by atoms with Gasteiger partial charge >= 0.3 is 0 Å². The van der Waals surface area contributed by atoms with Crippen LogP contribution in [0.5, 0.6) is 0 Å². The number of benzene rings is 1. The summed E-state index contributed by atoms with van der Waals surface area (Å²) < 4.78 is 0. The zero-order valence-corrected chi connectivity index (χ0v) is 10.2. The molecule has 0 spiro atoms. The summed E-state index contributed by atoms with van der Waals surface area (Å²) in [5, 5.41) is 2.39. The van der Waals surface area contributed by atoms with Crippen molar-refractivity contribution in [3.8, 4) is 0 Å². The van der Waals surface area contributed by atoms with Gasteiger partial charge in [0.25, 0.3) is 0 Å². The molecular formula is C14H17NO2. The smallest absolute Gasteiger partial charge is 0.234 e. The highest BCUT2D eigenvalue weighted by molar-refractivity contribution is 6.00. The van der Waals surface area contributed by atoms with Crippen LogP contribution in [0, 0.1) is 0 Å². The van der Waals surface area contributed by atoms with E-state index in [0.717, 1.165) is 5.56 Å². The van der Waals surface area contributed by atoms with Gasteiger partial charge in [0.1, 0.15) is 0 Å². The molecule has 3 nitrogen and oxygen atoms in total. The second-order valence-electron chi connectivity index (χ2n) is 4.83. The monoisotopic (exact) mass is 231 g/mol. The Morgan fingerprint density at radius 1 is 1.18 bits per heavy atom. The van der Waals surface area contributed by atoms with Gasteiger partial charge in [0.05, 0.1) is 5.92 Å². The predicted octanol–water partition coefficient (Wildman–Crippen LogP) is 2.33. The second kappa shape index (κ2) is 4.70. The fraction of sp³-hybridized carbons (Fsp3) is 0.429. The molecule has 1 saturated heterocycles. The van der Waals surface area contributed by atoms with E-state index in [1.54, 1.807) is 0 Å². The minimum atomic E-state index is -0.172. The molecule has 2 rings (SSSR count). The molecule has 2 amide bonds. The Morgan fingerprint density at radius 2 is 1.82 bits per heavy atom. The van der Waals surface area contributed by atoms with Crippen molar-refractivity contribution in [3.05, 3.63) is 35.4 Å². The largest absolute Gasteiger partial charge is 0.296 e. The van der Waals surface area contributed by atoms with Crippen LogP contribution in [-0.2, 0) is 9.59 Å². The van der Waals surface area contributed by atoms with Crippen LogP contribution in [0.4, 0.5) is 0 Å². The van der Waals surface area contributed by atoms with E-state index in [-0.39, 0.29) is 17.7 Å². The highest BCUT2D eigenvalue weighted by atomic mass is 16.2. The van der Waals surface area contributed by atoms with E-state index in [0.29, 0.717) is 18.8 Å².